The van der Waals surface area contributed by atoms with Crippen LogP contribution in [0.15, 0.2) is 54.6 Å². The number of rotatable bonds is 5. The first-order chi connectivity index (χ1) is 15.5. The lowest BCUT2D eigenvalue weighted by Crippen LogP contribution is -2.51. The number of benzene rings is 2. The van der Waals surface area contributed by atoms with Gasteiger partial charge in [-0.2, -0.15) is 0 Å². The van der Waals surface area contributed by atoms with Gasteiger partial charge in [0.05, 0.1) is 29.2 Å². The predicted octanol–water partition coefficient (Wildman–Crippen LogP) is 4.73. The van der Waals surface area contributed by atoms with Crippen molar-refractivity contribution in [1.82, 2.24) is 4.90 Å². The molecule has 8 nitrogen and oxygen atoms in total. The van der Waals surface area contributed by atoms with Crippen molar-refractivity contribution in [2.75, 3.05) is 7.11 Å². The second kappa shape index (κ2) is 9.21. The molecule has 2 heterocycles. The lowest BCUT2D eigenvalue weighted by atomic mass is 9.82. The standard InChI is InChI=1S/C24H24N2O6/c1-31-23(27)17-10-11-21(22(14-17)26(29)30)18-12-19-8-5-9-20(13-18)25(19)24(28)32-15-16-6-3-2-4-7-16/h2-4,6-7,10-12,14,19-20H,5,8-9,13,15H2,1H3. The summed E-state index contributed by atoms with van der Waals surface area (Å²) in [6, 6.07) is 13.6. The average molecular weight is 436 g/mol. The molecule has 0 aromatic heterocycles. The molecule has 0 aliphatic carbocycles. The first-order valence-corrected chi connectivity index (χ1v) is 10.5. The van der Waals surface area contributed by atoms with E-state index in [0.717, 1.165) is 30.4 Å². The van der Waals surface area contributed by atoms with E-state index < -0.39 is 10.9 Å². The Kier molecular flexibility index (Phi) is 6.20. The van der Waals surface area contributed by atoms with E-state index in [4.69, 9.17) is 4.74 Å². The van der Waals surface area contributed by atoms with E-state index in [1.54, 1.807) is 11.0 Å². The summed E-state index contributed by atoms with van der Waals surface area (Å²) in [5.41, 5.74) is 2.19. The van der Waals surface area contributed by atoms with Crippen LogP contribution in [0.5, 0.6) is 0 Å². The van der Waals surface area contributed by atoms with Gasteiger partial charge in [0.15, 0.2) is 0 Å². The number of carbonyl (C=O) groups excluding carboxylic acids is 2. The number of hydrogen-bond donors (Lipinski definition) is 0. The number of hydrogen-bond acceptors (Lipinski definition) is 6. The topological polar surface area (TPSA) is 99.0 Å². The molecular weight excluding hydrogens is 412 g/mol. The van der Waals surface area contributed by atoms with Gasteiger partial charge >= 0.3 is 12.1 Å². The number of esters is 1. The highest BCUT2D eigenvalue weighted by Gasteiger charge is 2.39. The van der Waals surface area contributed by atoms with Crippen LogP contribution in [0.25, 0.3) is 5.57 Å². The number of nitro groups is 1. The van der Waals surface area contributed by atoms with E-state index in [0.29, 0.717) is 12.0 Å². The summed E-state index contributed by atoms with van der Waals surface area (Å²) in [7, 11) is 1.23. The van der Waals surface area contributed by atoms with Crippen LogP contribution in [-0.4, -0.2) is 41.1 Å². The first-order valence-electron chi connectivity index (χ1n) is 10.5. The summed E-state index contributed by atoms with van der Waals surface area (Å²) in [5, 5.41) is 11.7. The Hall–Kier alpha value is -3.68. The molecule has 1 saturated heterocycles. The second-order valence-electron chi connectivity index (χ2n) is 7.98. The average Bonchev–Trinajstić information content (AvgIpc) is 2.81. The van der Waals surface area contributed by atoms with Crippen LogP contribution in [0.2, 0.25) is 0 Å². The van der Waals surface area contributed by atoms with Crippen LogP contribution < -0.4 is 0 Å². The van der Waals surface area contributed by atoms with Crippen molar-refractivity contribution in [3.63, 3.8) is 0 Å². The fraction of sp³-hybridized carbons (Fsp3) is 0.333. The Labute approximate surface area is 185 Å². The maximum Gasteiger partial charge on any atom is 0.410 e. The highest BCUT2D eigenvalue weighted by molar-refractivity contribution is 5.91. The molecule has 0 N–H and O–H groups in total. The van der Waals surface area contributed by atoms with Crippen LogP contribution in [0.1, 0.15) is 47.2 Å². The molecule has 2 aliphatic rings. The molecule has 1 fully saturated rings. The number of methoxy groups -OCH3 is 1. The van der Waals surface area contributed by atoms with Crippen molar-refractivity contribution < 1.29 is 24.0 Å². The van der Waals surface area contributed by atoms with Gasteiger partial charge in [0.2, 0.25) is 0 Å². The van der Waals surface area contributed by atoms with E-state index >= 15 is 0 Å². The molecule has 2 aromatic carbocycles. The minimum atomic E-state index is -0.624. The summed E-state index contributed by atoms with van der Waals surface area (Å²) in [6.07, 6.45) is 4.62. The first kappa shape index (κ1) is 21.5. The van der Waals surface area contributed by atoms with Crippen molar-refractivity contribution in [3.05, 3.63) is 81.4 Å². The molecule has 0 radical (unpaired) electrons. The Morgan fingerprint density at radius 3 is 2.62 bits per heavy atom. The number of fused-ring (bicyclic) bond motifs is 2. The minimum absolute atomic E-state index is 0.0862. The molecule has 2 aliphatic heterocycles. The number of carbonyl (C=O) groups is 2. The second-order valence-corrected chi connectivity index (χ2v) is 7.98. The van der Waals surface area contributed by atoms with E-state index in [1.807, 2.05) is 36.4 Å². The van der Waals surface area contributed by atoms with Gasteiger partial charge in [-0.15, -0.1) is 0 Å². The lowest BCUT2D eigenvalue weighted by Gasteiger charge is -2.44. The van der Waals surface area contributed by atoms with Gasteiger partial charge in [0.1, 0.15) is 6.61 Å². The van der Waals surface area contributed by atoms with Crippen molar-refractivity contribution in [1.29, 1.82) is 0 Å². The zero-order chi connectivity index (χ0) is 22.7. The summed E-state index contributed by atoms with van der Waals surface area (Å²) >= 11 is 0. The van der Waals surface area contributed by atoms with Gasteiger partial charge in [-0.1, -0.05) is 36.4 Å². The van der Waals surface area contributed by atoms with Gasteiger partial charge in [0.25, 0.3) is 5.69 Å². The molecule has 1 amide bonds. The molecule has 2 aromatic rings. The van der Waals surface area contributed by atoms with Crippen LogP contribution in [0, 0.1) is 10.1 Å². The molecule has 8 heteroatoms. The number of nitro benzene ring substituents is 1. The summed E-state index contributed by atoms with van der Waals surface area (Å²) in [6.45, 7) is 0.201. The number of ether oxygens (including phenoxy) is 2. The molecule has 32 heavy (non-hydrogen) atoms. The molecule has 2 atom stereocenters. The van der Waals surface area contributed by atoms with Gasteiger partial charge in [-0.3, -0.25) is 15.0 Å². The molecule has 4 rings (SSSR count). The van der Waals surface area contributed by atoms with Crippen molar-refractivity contribution in [2.45, 2.75) is 44.4 Å². The number of piperidine rings is 1. The number of amides is 1. The Balaban J connectivity index is 1.58. The van der Waals surface area contributed by atoms with E-state index in [-0.39, 0.29) is 36.0 Å². The predicted molar refractivity (Wildman–Crippen MR) is 117 cm³/mol. The minimum Gasteiger partial charge on any atom is -0.465 e. The Morgan fingerprint density at radius 1 is 1.16 bits per heavy atom. The largest absolute Gasteiger partial charge is 0.465 e. The van der Waals surface area contributed by atoms with Gasteiger partial charge < -0.3 is 9.47 Å². The van der Waals surface area contributed by atoms with Crippen molar-refractivity contribution in [3.8, 4) is 0 Å². The number of nitrogens with zero attached hydrogens (tertiary/aromatic N) is 2. The smallest absolute Gasteiger partial charge is 0.410 e. The highest BCUT2D eigenvalue weighted by Crippen LogP contribution is 2.40. The quantitative estimate of drug-likeness (QED) is 0.382. The zero-order valence-corrected chi connectivity index (χ0v) is 17.7. The van der Waals surface area contributed by atoms with Gasteiger partial charge in [-0.05, 0) is 49.0 Å². The lowest BCUT2D eigenvalue weighted by molar-refractivity contribution is -0.385. The maximum atomic E-state index is 12.9. The third-order valence-electron chi connectivity index (χ3n) is 6.01. The van der Waals surface area contributed by atoms with E-state index in [2.05, 4.69) is 4.74 Å². The fourth-order valence-electron chi connectivity index (χ4n) is 4.51. The van der Waals surface area contributed by atoms with Crippen molar-refractivity contribution >= 4 is 23.3 Å². The van der Waals surface area contributed by atoms with Gasteiger partial charge in [0, 0.05) is 12.1 Å². The molecule has 2 unspecified atom stereocenters. The summed E-state index contributed by atoms with van der Waals surface area (Å²) in [4.78, 5) is 37.7. The normalized spacial score (nSPS) is 19.7. The molecule has 0 spiro atoms. The van der Waals surface area contributed by atoms with Crippen LogP contribution in [0.3, 0.4) is 0 Å². The zero-order valence-electron chi connectivity index (χ0n) is 17.7. The Bertz CT molecular complexity index is 1070. The van der Waals surface area contributed by atoms with Gasteiger partial charge in [-0.25, -0.2) is 9.59 Å². The third kappa shape index (κ3) is 4.34. The maximum absolute atomic E-state index is 12.9. The van der Waals surface area contributed by atoms with E-state index in [9.17, 15) is 19.7 Å². The van der Waals surface area contributed by atoms with Crippen LogP contribution in [-0.2, 0) is 16.1 Å². The fourth-order valence-corrected chi connectivity index (χ4v) is 4.51. The summed E-state index contributed by atoms with van der Waals surface area (Å²) < 4.78 is 10.2. The van der Waals surface area contributed by atoms with Crippen molar-refractivity contribution in [2.24, 2.45) is 0 Å². The molecule has 2 bridgehead atoms. The third-order valence-corrected chi connectivity index (χ3v) is 6.01. The molecular formula is C24H24N2O6. The van der Waals surface area contributed by atoms with E-state index in [1.165, 1.54) is 19.2 Å². The molecule has 166 valence electrons. The SMILES string of the molecule is COC(=O)c1ccc(C2=CC3CCCC(C2)N3C(=O)OCc2ccccc2)c([N+](=O)[O-])c1. The highest BCUT2D eigenvalue weighted by atomic mass is 16.6. The van der Waals surface area contributed by atoms with Crippen LogP contribution in [0.4, 0.5) is 10.5 Å². The van der Waals surface area contributed by atoms with Crippen LogP contribution >= 0.6 is 0 Å². The molecule has 0 saturated carbocycles. The summed E-state index contributed by atoms with van der Waals surface area (Å²) in [5.74, 6) is -0.624. The monoisotopic (exact) mass is 436 g/mol. The Morgan fingerprint density at radius 2 is 1.94 bits per heavy atom.